The summed E-state index contributed by atoms with van der Waals surface area (Å²) in [6.45, 7) is 0.196. The zero-order valence-electron chi connectivity index (χ0n) is 18.2. The van der Waals surface area contributed by atoms with E-state index in [0.29, 0.717) is 22.3 Å². The highest BCUT2D eigenvalue weighted by molar-refractivity contribution is 7.99. The van der Waals surface area contributed by atoms with Crippen molar-refractivity contribution in [3.63, 3.8) is 0 Å². The number of hydrogen-bond acceptors (Lipinski definition) is 7. The van der Waals surface area contributed by atoms with Crippen molar-refractivity contribution in [2.75, 3.05) is 17.9 Å². The van der Waals surface area contributed by atoms with E-state index in [0.717, 1.165) is 55.2 Å². The first kappa shape index (κ1) is 21.0. The summed E-state index contributed by atoms with van der Waals surface area (Å²) in [6.07, 6.45) is 8.58. The molecular weight excluding hydrogens is 458 g/mol. The number of rotatable bonds is 5. The van der Waals surface area contributed by atoms with Gasteiger partial charge in [0.2, 0.25) is 12.7 Å². The van der Waals surface area contributed by atoms with Crippen LogP contribution in [0.1, 0.15) is 55.0 Å². The molecule has 1 fully saturated rings. The van der Waals surface area contributed by atoms with E-state index in [4.69, 9.17) is 14.5 Å². The lowest BCUT2D eigenvalue weighted by atomic mass is 9.97. The van der Waals surface area contributed by atoms with E-state index < -0.39 is 0 Å². The average molecular weight is 484 g/mol. The molecule has 6 rings (SSSR count). The van der Waals surface area contributed by atoms with E-state index in [1.807, 2.05) is 4.57 Å². The maximum atomic E-state index is 13.7. The van der Waals surface area contributed by atoms with E-state index in [9.17, 15) is 9.59 Å². The van der Waals surface area contributed by atoms with E-state index in [2.05, 4.69) is 5.32 Å². The van der Waals surface area contributed by atoms with Gasteiger partial charge in [-0.15, -0.1) is 11.3 Å². The van der Waals surface area contributed by atoms with E-state index >= 15 is 0 Å². The molecule has 7 nitrogen and oxygen atoms in total. The van der Waals surface area contributed by atoms with Crippen molar-refractivity contribution in [1.82, 2.24) is 9.55 Å². The van der Waals surface area contributed by atoms with Crippen molar-refractivity contribution in [1.29, 1.82) is 0 Å². The van der Waals surface area contributed by atoms with Crippen LogP contribution in [-0.4, -0.2) is 28.0 Å². The van der Waals surface area contributed by atoms with Crippen molar-refractivity contribution < 1.29 is 14.3 Å². The van der Waals surface area contributed by atoms with Crippen molar-refractivity contribution in [3.8, 4) is 11.5 Å². The highest BCUT2D eigenvalue weighted by atomic mass is 32.2. The number of hydrogen-bond donors (Lipinski definition) is 1. The molecule has 1 aliphatic heterocycles. The van der Waals surface area contributed by atoms with Crippen molar-refractivity contribution in [2.24, 2.45) is 0 Å². The molecule has 9 heteroatoms. The molecule has 3 heterocycles. The minimum atomic E-state index is -0.142. The van der Waals surface area contributed by atoms with Crippen LogP contribution in [-0.2, 0) is 17.6 Å². The summed E-state index contributed by atoms with van der Waals surface area (Å²) in [7, 11) is 0. The number of nitrogens with zero attached hydrogens (tertiary/aromatic N) is 2. The first-order valence-corrected chi connectivity index (χ1v) is 13.4. The molecule has 0 atom stereocenters. The van der Waals surface area contributed by atoms with Gasteiger partial charge in [0.05, 0.1) is 11.1 Å². The zero-order chi connectivity index (χ0) is 22.4. The molecule has 0 radical (unpaired) electrons. The first-order chi connectivity index (χ1) is 16.2. The summed E-state index contributed by atoms with van der Waals surface area (Å²) in [4.78, 5) is 33.5. The van der Waals surface area contributed by atoms with Gasteiger partial charge >= 0.3 is 0 Å². The molecule has 0 unspecified atom stereocenters. The van der Waals surface area contributed by atoms with Gasteiger partial charge in [-0.2, -0.15) is 0 Å². The van der Waals surface area contributed by atoms with E-state index in [1.54, 1.807) is 29.5 Å². The summed E-state index contributed by atoms with van der Waals surface area (Å²) < 4.78 is 12.6. The van der Waals surface area contributed by atoms with Crippen LogP contribution in [0.15, 0.2) is 28.2 Å². The standard InChI is InChI=1S/C24H25N3O4S2/c28-20(25-14-9-10-17-18(11-14)31-13-30-17)12-32-24-26-22-21(16-7-3-4-8-19(16)33-22)23(29)27(24)15-5-1-2-6-15/h9-11,15H,1-8,12-13H2,(H,25,28). The van der Waals surface area contributed by atoms with E-state index in [1.165, 1.54) is 28.6 Å². The second-order valence-electron chi connectivity index (χ2n) is 8.80. The lowest BCUT2D eigenvalue weighted by Gasteiger charge is -2.18. The predicted octanol–water partition coefficient (Wildman–Crippen LogP) is 4.91. The Bertz CT molecular complexity index is 1290. The third-order valence-electron chi connectivity index (χ3n) is 6.67. The Kier molecular flexibility index (Phi) is 5.54. The normalized spacial score (nSPS) is 17.5. The number of carbonyl (C=O) groups excluding carboxylic acids is 1. The zero-order valence-corrected chi connectivity index (χ0v) is 19.9. The molecule has 1 saturated carbocycles. The maximum Gasteiger partial charge on any atom is 0.263 e. The summed E-state index contributed by atoms with van der Waals surface area (Å²) in [5, 5.41) is 4.41. The fraction of sp³-hybridized carbons (Fsp3) is 0.458. The topological polar surface area (TPSA) is 82.5 Å². The van der Waals surface area contributed by atoms with Gasteiger partial charge in [0, 0.05) is 22.7 Å². The largest absolute Gasteiger partial charge is 0.454 e. The molecule has 1 amide bonds. The van der Waals surface area contributed by atoms with Crippen LogP contribution in [0.25, 0.3) is 10.2 Å². The third kappa shape index (κ3) is 3.91. The fourth-order valence-electron chi connectivity index (χ4n) is 5.09. The number of aryl methyl sites for hydroxylation is 2. The Hall–Kier alpha value is -2.52. The SMILES string of the molecule is O=C(CSc1nc2sc3c(c2c(=O)n1C1CCCC1)CCCC3)Nc1ccc2c(c1)OCO2. The number of thioether (sulfide) groups is 1. The first-order valence-electron chi connectivity index (χ1n) is 11.6. The highest BCUT2D eigenvalue weighted by Gasteiger charge is 2.27. The van der Waals surface area contributed by atoms with Crippen molar-refractivity contribution in [3.05, 3.63) is 39.0 Å². The highest BCUT2D eigenvalue weighted by Crippen LogP contribution is 2.38. The van der Waals surface area contributed by atoms with Gasteiger partial charge < -0.3 is 14.8 Å². The molecule has 1 N–H and O–H groups in total. The quantitative estimate of drug-likeness (QED) is 0.410. The van der Waals surface area contributed by atoms with Gasteiger partial charge in [-0.3, -0.25) is 14.2 Å². The lowest BCUT2D eigenvalue weighted by molar-refractivity contribution is -0.113. The average Bonchev–Trinajstić information content (AvgIpc) is 3.56. The van der Waals surface area contributed by atoms with Gasteiger partial charge in [0.15, 0.2) is 16.7 Å². The number of ether oxygens (including phenoxy) is 2. The van der Waals surface area contributed by atoms with Crippen molar-refractivity contribution >= 4 is 44.9 Å². The molecule has 1 aromatic carbocycles. The number of nitrogens with one attached hydrogen (secondary N) is 1. The molecule has 33 heavy (non-hydrogen) atoms. The number of amides is 1. The number of anilines is 1. The predicted molar refractivity (Wildman–Crippen MR) is 130 cm³/mol. The monoisotopic (exact) mass is 483 g/mol. The lowest BCUT2D eigenvalue weighted by Crippen LogP contribution is -2.27. The van der Waals surface area contributed by atoms with Gasteiger partial charge in [0.25, 0.3) is 5.56 Å². The summed E-state index contributed by atoms with van der Waals surface area (Å²) in [5.41, 5.74) is 1.97. The number of thiophene rings is 1. The van der Waals surface area contributed by atoms with Crippen LogP contribution >= 0.6 is 23.1 Å². The Morgan fingerprint density at radius 1 is 1.15 bits per heavy atom. The minimum absolute atomic E-state index is 0.0879. The Morgan fingerprint density at radius 2 is 1.97 bits per heavy atom. The molecule has 172 valence electrons. The maximum absolute atomic E-state index is 13.7. The van der Waals surface area contributed by atoms with Crippen LogP contribution in [0, 0.1) is 0 Å². The Labute approximate surface area is 199 Å². The van der Waals surface area contributed by atoms with E-state index in [-0.39, 0.29) is 30.1 Å². The number of aromatic nitrogens is 2. The summed E-state index contributed by atoms with van der Waals surface area (Å²) in [5.74, 6) is 1.35. The van der Waals surface area contributed by atoms with Crippen molar-refractivity contribution in [2.45, 2.75) is 62.6 Å². The van der Waals surface area contributed by atoms with Crippen LogP contribution in [0.4, 0.5) is 5.69 Å². The van der Waals surface area contributed by atoms with Crippen LogP contribution in [0.3, 0.4) is 0 Å². The molecule has 0 spiro atoms. The third-order valence-corrected chi connectivity index (χ3v) is 8.81. The number of fused-ring (bicyclic) bond motifs is 4. The number of benzene rings is 1. The number of carbonyl (C=O) groups is 1. The molecule has 0 saturated heterocycles. The van der Waals surface area contributed by atoms with Gasteiger partial charge in [-0.1, -0.05) is 24.6 Å². The van der Waals surface area contributed by atoms with Gasteiger partial charge in [-0.25, -0.2) is 4.98 Å². The molecule has 2 aliphatic carbocycles. The molecule has 3 aliphatic rings. The molecular formula is C24H25N3O4S2. The van der Waals surface area contributed by atoms with Gasteiger partial charge in [-0.05, 0) is 56.2 Å². The smallest absolute Gasteiger partial charge is 0.263 e. The molecule has 3 aromatic rings. The van der Waals surface area contributed by atoms with Crippen LogP contribution in [0.5, 0.6) is 11.5 Å². The summed E-state index contributed by atoms with van der Waals surface area (Å²) in [6, 6.07) is 5.52. The second-order valence-corrected chi connectivity index (χ2v) is 10.8. The van der Waals surface area contributed by atoms with Gasteiger partial charge in [0.1, 0.15) is 4.83 Å². The van der Waals surface area contributed by atoms with Crippen LogP contribution < -0.4 is 20.3 Å². The second kappa shape index (κ2) is 8.68. The Balaban J connectivity index is 1.28. The Morgan fingerprint density at radius 3 is 2.85 bits per heavy atom. The molecule has 2 aromatic heterocycles. The molecule has 0 bridgehead atoms. The van der Waals surface area contributed by atoms with Crippen LogP contribution in [0.2, 0.25) is 0 Å². The summed E-state index contributed by atoms with van der Waals surface area (Å²) >= 11 is 3.02. The minimum Gasteiger partial charge on any atom is -0.454 e. The fourth-order valence-corrected chi connectivity index (χ4v) is 7.26.